The first-order chi connectivity index (χ1) is 9.35. The summed E-state index contributed by atoms with van der Waals surface area (Å²) in [5, 5.41) is 2.91. The van der Waals surface area contributed by atoms with Crippen LogP contribution in [0.2, 0.25) is 5.02 Å². The summed E-state index contributed by atoms with van der Waals surface area (Å²) in [7, 11) is -3.11. The highest BCUT2D eigenvalue weighted by Crippen LogP contribution is 2.32. The zero-order chi connectivity index (χ0) is 14.5. The second kappa shape index (κ2) is 4.56. The van der Waals surface area contributed by atoms with E-state index in [1.165, 1.54) is 0 Å². The average molecular weight is 314 g/mol. The van der Waals surface area contributed by atoms with Gasteiger partial charge in [0.05, 0.1) is 22.9 Å². The number of sulfone groups is 1. The molecule has 5 nitrogen and oxygen atoms in total. The molecule has 1 unspecified atom stereocenters. The van der Waals surface area contributed by atoms with E-state index < -0.39 is 15.8 Å². The Labute approximate surface area is 121 Å². The van der Waals surface area contributed by atoms with Crippen LogP contribution in [-0.2, 0) is 21.1 Å². The van der Waals surface area contributed by atoms with Crippen molar-refractivity contribution in [2.45, 2.75) is 12.8 Å². The molecule has 20 heavy (non-hydrogen) atoms. The number of nitrogens with one attached hydrogen (secondary N) is 1. The van der Waals surface area contributed by atoms with Crippen molar-refractivity contribution in [3.8, 4) is 0 Å². The number of halogens is 1. The zero-order valence-electron chi connectivity index (χ0n) is 10.5. The largest absolute Gasteiger partial charge is 0.325 e. The van der Waals surface area contributed by atoms with Crippen LogP contribution in [-0.4, -0.2) is 31.6 Å². The fraction of sp³-hybridized carbons (Fsp3) is 0.385. The fourth-order valence-electron chi connectivity index (χ4n) is 2.66. The Bertz CT molecular complexity index is 726. The van der Waals surface area contributed by atoms with Gasteiger partial charge < -0.3 is 5.32 Å². The molecule has 1 aromatic rings. The van der Waals surface area contributed by atoms with Gasteiger partial charge in [0.15, 0.2) is 15.6 Å². The van der Waals surface area contributed by atoms with Gasteiger partial charge >= 0.3 is 0 Å². The van der Waals surface area contributed by atoms with E-state index >= 15 is 0 Å². The zero-order valence-corrected chi connectivity index (χ0v) is 12.1. The van der Waals surface area contributed by atoms with Gasteiger partial charge in [0.1, 0.15) is 0 Å². The molecule has 1 saturated heterocycles. The van der Waals surface area contributed by atoms with Gasteiger partial charge in [-0.15, -0.1) is 0 Å². The summed E-state index contributed by atoms with van der Waals surface area (Å²) in [4.78, 5) is 23.7. The Morgan fingerprint density at radius 2 is 2.10 bits per heavy atom. The second-order valence-electron chi connectivity index (χ2n) is 5.18. The van der Waals surface area contributed by atoms with E-state index in [9.17, 15) is 18.0 Å². The van der Waals surface area contributed by atoms with Crippen molar-refractivity contribution in [3.63, 3.8) is 0 Å². The number of benzene rings is 1. The molecule has 106 valence electrons. The first-order valence-electron chi connectivity index (χ1n) is 6.22. The van der Waals surface area contributed by atoms with E-state index in [0.717, 1.165) is 5.56 Å². The first-order valence-corrected chi connectivity index (χ1v) is 8.42. The topological polar surface area (TPSA) is 80.3 Å². The standard InChI is InChI=1S/C13H12ClNO4S/c14-10-5-11-8(4-12(16)15-11)3-9(10)13(17)7-1-2-20(18,19)6-7/h3,5,7H,1-2,4,6H2,(H,15,16). The number of amides is 1. The minimum atomic E-state index is -3.11. The third kappa shape index (κ3) is 2.33. The SMILES string of the molecule is O=C1Cc2cc(C(=O)C3CCS(=O)(=O)C3)c(Cl)cc2N1. The summed E-state index contributed by atoms with van der Waals surface area (Å²) < 4.78 is 22.9. The normalized spacial score (nSPS) is 23.4. The van der Waals surface area contributed by atoms with Crippen molar-refractivity contribution in [1.29, 1.82) is 0 Å². The van der Waals surface area contributed by atoms with E-state index in [4.69, 9.17) is 11.6 Å². The van der Waals surface area contributed by atoms with E-state index in [0.29, 0.717) is 17.7 Å². The summed E-state index contributed by atoms with van der Waals surface area (Å²) in [6.07, 6.45) is 0.557. The van der Waals surface area contributed by atoms with Crippen molar-refractivity contribution in [1.82, 2.24) is 0 Å². The molecule has 1 atom stereocenters. The highest BCUT2D eigenvalue weighted by atomic mass is 35.5. The van der Waals surface area contributed by atoms with Gasteiger partial charge in [-0.05, 0) is 24.1 Å². The van der Waals surface area contributed by atoms with Gasteiger partial charge in [0, 0.05) is 17.2 Å². The summed E-state index contributed by atoms with van der Waals surface area (Å²) in [6, 6.07) is 3.15. The molecule has 0 aliphatic carbocycles. The van der Waals surface area contributed by atoms with Crippen molar-refractivity contribution < 1.29 is 18.0 Å². The molecule has 2 aliphatic heterocycles. The van der Waals surface area contributed by atoms with E-state index in [1.807, 2.05) is 0 Å². The van der Waals surface area contributed by atoms with Gasteiger partial charge in [-0.2, -0.15) is 0 Å². The van der Waals surface area contributed by atoms with Gasteiger partial charge in [-0.1, -0.05) is 11.6 Å². The summed E-state index contributed by atoms with van der Waals surface area (Å²) in [5.41, 5.74) is 1.66. The molecule has 0 spiro atoms. The maximum atomic E-state index is 12.4. The number of ketones is 1. The quantitative estimate of drug-likeness (QED) is 0.838. The van der Waals surface area contributed by atoms with Crippen LogP contribution in [0.25, 0.3) is 0 Å². The third-order valence-corrected chi connectivity index (χ3v) is 5.77. The summed E-state index contributed by atoms with van der Waals surface area (Å²) in [6.45, 7) is 0. The number of anilines is 1. The van der Waals surface area contributed by atoms with E-state index in [2.05, 4.69) is 5.32 Å². The molecule has 0 bridgehead atoms. The first kappa shape index (κ1) is 13.6. The van der Waals surface area contributed by atoms with Gasteiger partial charge in [-0.3, -0.25) is 9.59 Å². The van der Waals surface area contributed by atoms with Crippen LogP contribution in [0.4, 0.5) is 5.69 Å². The smallest absolute Gasteiger partial charge is 0.228 e. The van der Waals surface area contributed by atoms with Crippen LogP contribution in [0.1, 0.15) is 22.3 Å². The lowest BCUT2D eigenvalue weighted by atomic mass is 9.95. The van der Waals surface area contributed by atoms with Crippen LogP contribution in [0.5, 0.6) is 0 Å². The van der Waals surface area contributed by atoms with Crippen molar-refractivity contribution in [2.75, 3.05) is 16.8 Å². The highest BCUT2D eigenvalue weighted by Gasteiger charge is 2.34. The molecule has 0 saturated carbocycles. The maximum absolute atomic E-state index is 12.4. The lowest BCUT2D eigenvalue weighted by Crippen LogP contribution is -2.16. The fourth-order valence-corrected chi connectivity index (χ4v) is 4.66. The lowest BCUT2D eigenvalue weighted by molar-refractivity contribution is -0.115. The summed E-state index contributed by atoms with van der Waals surface area (Å²) in [5.74, 6) is -0.981. The minimum absolute atomic E-state index is 0.0476. The molecule has 2 aliphatic rings. The monoisotopic (exact) mass is 313 g/mol. The Morgan fingerprint density at radius 1 is 1.35 bits per heavy atom. The van der Waals surface area contributed by atoms with Crippen molar-refractivity contribution >= 4 is 38.8 Å². The van der Waals surface area contributed by atoms with E-state index in [-0.39, 0.29) is 34.6 Å². The molecular formula is C13H12ClNO4S. The molecule has 1 fully saturated rings. The van der Waals surface area contributed by atoms with Crippen molar-refractivity contribution in [2.24, 2.45) is 5.92 Å². The van der Waals surface area contributed by atoms with Gasteiger partial charge in [0.25, 0.3) is 0 Å². The minimum Gasteiger partial charge on any atom is -0.325 e. The van der Waals surface area contributed by atoms with Crippen LogP contribution in [0.15, 0.2) is 12.1 Å². The van der Waals surface area contributed by atoms with Crippen LogP contribution < -0.4 is 5.32 Å². The van der Waals surface area contributed by atoms with Crippen LogP contribution >= 0.6 is 11.6 Å². The number of rotatable bonds is 2. The highest BCUT2D eigenvalue weighted by molar-refractivity contribution is 7.91. The number of hydrogen-bond acceptors (Lipinski definition) is 4. The third-order valence-electron chi connectivity index (χ3n) is 3.69. The predicted octanol–water partition coefficient (Wildman–Crippen LogP) is 1.45. The summed E-state index contributed by atoms with van der Waals surface area (Å²) >= 11 is 6.08. The number of carbonyl (C=O) groups excluding carboxylic acids is 2. The predicted molar refractivity (Wildman–Crippen MR) is 74.9 cm³/mol. The number of hydrogen-bond donors (Lipinski definition) is 1. The second-order valence-corrected chi connectivity index (χ2v) is 7.81. The number of fused-ring (bicyclic) bond motifs is 1. The van der Waals surface area contributed by atoms with Crippen molar-refractivity contribution in [3.05, 3.63) is 28.3 Å². The van der Waals surface area contributed by atoms with E-state index in [1.54, 1.807) is 12.1 Å². The maximum Gasteiger partial charge on any atom is 0.228 e. The Balaban J connectivity index is 1.93. The van der Waals surface area contributed by atoms with Gasteiger partial charge in [-0.25, -0.2) is 8.42 Å². The van der Waals surface area contributed by atoms with Gasteiger partial charge in [0.2, 0.25) is 5.91 Å². The van der Waals surface area contributed by atoms with Crippen LogP contribution in [0, 0.1) is 5.92 Å². The van der Waals surface area contributed by atoms with Crippen LogP contribution in [0.3, 0.4) is 0 Å². The molecule has 1 N–H and O–H groups in total. The Kier molecular flexibility index (Phi) is 3.10. The molecule has 0 radical (unpaired) electrons. The molecule has 2 heterocycles. The Morgan fingerprint density at radius 3 is 2.75 bits per heavy atom. The molecule has 3 rings (SSSR count). The average Bonchev–Trinajstić information content (AvgIpc) is 2.88. The number of carbonyl (C=O) groups is 2. The molecule has 0 aromatic heterocycles. The molecule has 1 amide bonds. The number of Topliss-reactive ketones (excluding diaryl/α,β-unsaturated/α-hetero) is 1. The lowest BCUT2D eigenvalue weighted by Gasteiger charge is -2.10. The Hall–Kier alpha value is -1.40. The molecule has 1 aromatic carbocycles. The molecular weight excluding hydrogens is 302 g/mol. The molecule has 7 heteroatoms.